The Balaban J connectivity index is 1.38. The lowest BCUT2D eigenvalue weighted by atomic mass is 9.44. The number of nitrogens with zero attached hydrogens (tertiary/aromatic N) is 2. The highest BCUT2D eigenvalue weighted by Crippen LogP contribution is 2.69. The Morgan fingerprint density at radius 1 is 1.27 bits per heavy atom. The van der Waals surface area contributed by atoms with E-state index in [1.54, 1.807) is 18.0 Å². The van der Waals surface area contributed by atoms with Gasteiger partial charge in [-0.1, -0.05) is 24.3 Å². The summed E-state index contributed by atoms with van der Waals surface area (Å²) >= 11 is 0. The van der Waals surface area contributed by atoms with Gasteiger partial charge in [-0.3, -0.25) is 9.69 Å². The largest absolute Gasteiger partial charge is 0.504 e. The molecular formula is C31H33F3N2O4. The Hall–Kier alpha value is -3.30. The molecule has 1 amide bonds. The summed E-state index contributed by atoms with van der Waals surface area (Å²) in [5.41, 5.74) is -1.70. The lowest BCUT2D eigenvalue weighted by Crippen LogP contribution is -2.82. The monoisotopic (exact) mass is 554 g/mol. The quantitative estimate of drug-likeness (QED) is 0.415. The molecule has 2 unspecified atom stereocenters. The number of hydrogen-bond donors (Lipinski definition) is 2. The van der Waals surface area contributed by atoms with E-state index < -0.39 is 34.4 Å². The second kappa shape index (κ2) is 8.85. The van der Waals surface area contributed by atoms with E-state index in [4.69, 9.17) is 4.74 Å². The molecule has 40 heavy (non-hydrogen) atoms. The summed E-state index contributed by atoms with van der Waals surface area (Å²) in [5.74, 6) is 0.00229. The van der Waals surface area contributed by atoms with E-state index in [0.717, 1.165) is 23.3 Å². The first-order valence-electron chi connectivity index (χ1n) is 13.6. The standard InChI is InChI=1S/C31H33F3N2O4/c1-4-15-36-16-14-29-26-20-9-10-22(37)27(26)40-28(29,2)23(12-13-30(29,39)24(36)18-20)35(3)25(38)11-8-19-6-5-7-21(17-19)31(32,33)34/h4-11,17,23-24,37,39H,1,12-16,18H2,2-3H3/b11-8+/t23?,24-,28?,29+,30-/m1/s1. The highest BCUT2D eigenvalue weighted by Gasteiger charge is 2.78. The highest BCUT2D eigenvalue weighted by molar-refractivity contribution is 5.92. The van der Waals surface area contributed by atoms with Crippen LogP contribution in [0.5, 0.6) is 11.5 Å². The number of likely N-dealkylation sites (N-methyl/N-ethyl adjacent to an activating group) is 1. The molecule has 6 nitrogen and oxygen atoms in total. The smallest absolute Gasteiger partial charge is 0.416 e. The molecule has 2 fully saturated rings. The summed E-state index contributed by atoms with van der Waals surface area (Å²) in [6.45, 7) is 7.17. The van der Waals surface area contributed by atoms with Crippen LogP contribution in [0, 0.1) is 0 Å². The van der Waals surface area contributed by atoms with E-state index >= 15 is 0 Å². The molecule has 0 radical (unpaired) electrons. The Kier molecular flexibility index (Phi) is 5.95. The normalized spacial score (nSPS) is 32.5. The Morgan fingerprint density at radius 3 is 2.77 bits per heavy atom. The molecule has 2 aliphatic carbocycles. The molecule has 1 saturated carbocycles. The molecule has 2 aromatic carbocycles. The molecule has 5 atom stereocenters. The summed E-state index contributed by atoms with van der Waals surface area (Å²) in [4.78, 5) is 17.3. The van der Waals surface area contributed by atoms with Crippen LogP contribution >= 0.6 is 0 Å². The number of rotatable bonds is 5. The van der Waals surface area contributed by atoms with Gasteiger partial charge in [0.05, 0.1) is 22.6 Å². The number of aromatic hydroxyl groups is 1. The van der Waals surface area contributed by atoms with Crippen molar-refractivity contribution in [2.45, 2.75) is 67.5 Å². The minimum absolute atomic E-state index is 0.00948. The SMILES string of the molecule is C=CCN1CC[C@]23c4c5ccc(O)c4OC2(C)C(N(C)C(=O)/C=C/c2cccc(C(F)(F)F)c2)CC[C@@]3(O)[C@H]1C5. The summed E-state index contributed by atoms with van der Waals surface area (Å²) in [6.07, 6.45) is 2.11. The molecular weight excluding hydrogens is 521 g/mol. The van der Waals surface area contributed by atoms with Crippen LogP contribution in [0.3, 0.4) is 0 Å². The number of phenolic OH excluding ortho intramolecular Hbond substituents is 1. The Labute approximate surface area is 231 Å². The molecule has 9 heteroatoms. The van der Waals surface area contributed by atoms with Crippen LogP contribution in [0.15, 0.2) is 55.1 Å². The molecule has 2 aromatic rings. The summed E-state index contributed by atoms with van der Waals surface area (Å²) in [7, 11) is 1.66. The number of halogens is 3. The van der Waals surface area contributed by atoms with Crippen LogP contribution in [0.25, 0.3) is 6.08 Å². The van der Waals surface area contributed by atoms with Gasteiger partial charge < -0.3 is 19.8 Å². The van der Waals surface area contributed by atoms with Gasteiger partial charge in [-0.2, -0.15) is 13.2 Å². The number of carbonyl (C=O) groups excluding carboxylic acids is 1. The van der Waals surface area contributed by atoms with Gasteiger partial charge in [-0.15, -0.1) is 6.58 Å². The number of piperidine rings is 1. The lowest BCUT2D eigenvalue weighted by molar-refractivity contribution is -0.227. The van der Waals surface area contributed by atoms with Crippen molar-refractivity contribution in [3.63, 3.8) is 0 Å². The number of aliphatic hydroxyl groups is 1. The first kappa shape index (κ1) is 26.9. The van der Waals surface area contributed by atoms with Crippen molar-refractivity contribution in [2.24, 2.45) is 0 Å². The van der Waals surface area contributed by atoms with Crippen LogP contribution in [-0.2, 0) is 22.8 Å². The summed E-state index contributed by atoms with van der Waals surface area (Å²) in [5, 5.41) is 23.5. The van der Waals surface area contributed by atoms with Crippen molar-refractivity contribution in [2.75, 3.05) is 20.1 Å². The maximum Gasteiger partial charge on any atom is 0.416 e. The van der Waals surface area contributed by atoms with Crippen LogP contribution in [0.1, 0.15) is 48.4 Å². The van der Waals surface area contributed by atoms with Gasteiger partial charge in [0.25, 0.3) is 0 Å². The van der Waals surface area contributed by atoms with Crippen LogP contribution in [0.2, 0.25) is 0 Å². The number of benzene rings is 2. The fourth-order valence-corrected chi connectivity index (χ4v) is 8.27. The highest BCUT2D eigenvalue weighted by atomic mass is 19.4. The van der Waals surface area contributed by atoms with Crippen molar-refractivity contribution in [3.8, 4) is 11.5 Å². The van der Waals surface area contributed by atoms with E-state index in [2.05, 4.69) is 11.5 Å². The van der Waals surface area contributed by atoms with Crippen molar-refractivity contribution in [1.29, 1.82) is 0 Å². The number of hydrogen-bond acceptors (Lipinski definition) is 5. The minimum atomic E-state index is -4.48. The minimum Gasteiger partial charge on any atom is -0.504 e. The number of likely N-dealkylation sites (tertiary alicyclic amines) is 1. The first-order valence-corrected chi connectivity index (χ1v) is 13.6. The third-order valence-electron chi connectivity index (χ3n) is 9.98. The van der Waals surface area contributed by atoms with E-state index in [-0.39, 0.29) is 23.3 Å². The van der Waals surface area contributed by atoms with Gasteiger partial charge in [0.2, 0.25) is 5.91 Å². The summed E-state index contributed by atoms with van der Waals surface area (Å²) < 4.78 is 46.1. The van der Waals surface area contributed by atoms with Crippen LogP contribution in [-0.4, -0.2) is 69.3 Å². The molecule has 1 spiro atoms. The second-order valence-electron chi connectivity index (χ2n) is 11.7. The molecule has 6 rings (SSSR count). The first-order chi connectivity index (χ1) is 18.9. The number of carbonyl (C=O) groups is 1. The van der Waals surface area contributed by atoms with Gasteiger partial charge in [-0.05, 0) is 68.0 Å². The topological polar surface area (TPSA) is 73.2 Å². The molecule has 2 heterocycles. The average Bonchev–Trinajstić information content (AvgIpc) is 3.19. The van der Waals surface area contributed by atoms with Gasteiger partial charge in [0.15, 0.2) is 11.5 Å². The zero-order valence-corrected chi connectivity index (χ0v) is 22.5. The van der Waals surface area contributed by atoms with Crippen molar-refractivity contribution in [3.05, 3.63) is 77.4 Å². The predicted octanol–water partition coefficient (Wildman–Crippen LogP) is 4.68. The van der Waals surface area contributed by atoms with Crippen molar-refractivity contribution < 1.29 is 32.9 Å². The fraction of sp³-hybridized carbons (Fsp3) is 0.452. The average molecular weight is 555 g/mol. The molecule has 1 saturated heterocycles. The third kappa shape index (κ3) is 3.46. The zero-order valence-electron chi connectivity index (χ0n) is 22.5. The summed E-state index contributed by atoms with van der Waals surface area (Å²) in [6, 6.07) is 7.72. The maximum atomic E-state index is 13.4. The molecule has 0 aromatic heterocycles. The number of ether oxygens (including phenoxy) is 1. The van der Waals surface area contributed by atoms with Gasteiger partial charge in [0, 0.05) is 37.8 Å². The number of phenols is 1. The van der Waals surface area contributed by atoms with Crippen molar-refractivity contribution in [1.82, 2.24) is 9.80 Å². The van der Waals surface area contributed by atoms with E-state index in [1.165, 1.54) is 24.3 Å². The van der Waals surface area contributed by atoms with Gasteiger partial charge in [-0.25, -0.2) is 0 Å². The number of amides is 1. The van der Waals surface area contributed by atoms with Crippen molar-refractivity contribution >= 4 is 12.0 Å². The van der Waals surface area contributed by atoms with E-state index in [9.17, 15) is 28.2 Å². The lowest BCUT2D eigenvalue weighted by Gasteiger charge is -2.67. The molecule has 2 bridgehead atoms. The molecule has 4 aliphatic rings. The Morgan fingerprint density at radius 2 is 2.05 bits per heavy atom. The number of alkyl halides is 3. The van der Waals surface area contributed by atoms with Crippen LogP contribution < -0.4 is 4.74 Å². The van der Waals surface area contributed by atoms with Gasteiger partial charge in [0.1, 0.15) is 5.60 Å². The molecule has 2 aliphatic heterocycles. The Bertz CT molecular complexity index is 1420. The molecule has 2 N–H and O–H groups in total. The van der Waals surface area contributed by atoms with Gasteiger partial charge >= 0.3 is 6.18 Å². The van der Waals surface area contributed by atoms with E-state index in [1.807, 2.05) is 19.1 Å². The van der Waals surface area contributed by atoms with E-state index in [0.29, 0.717) is 44.5 Å². The maximum absolute atomic E-state index is 13.4. The second-order valence-corrected chi connectivity index (χ2v) is 11.7. The zero-order chi connectivity index (χ0) is 28.7. The fourth-order valence-electron chi connectivity index (χ4n) is 8.27. The van der Waals surface area contributed by atoms with Crippen LogP contribution in [0.4, 0.5) is 13.2 Å². The predicted molar refractivity (Wildman–Crippen MR) is 144 cm³/mol. The molecule has 212 valence electrons. The third-order valence-corrected chi connectivity index (χ3v) is 9.98.